The normalized spacial score (nSPS) is 20.2. The molecule has 1 aliphatic heterocycles. The smallest absolute Gasteiger partial charge is 0.123 e. The van der Waals surface area contributed by atoms with Crippen molar-refractivity contribution >= 4 is 0 Å². The van der Waals surface area contributed by atoms with Gasteiger partial charge in [0.25, 0.3) is 0 Å². The molecule has 0 amide bonds. The molecule has 0 spiro atoms. The van der Waals surface area contributed by atoms with Gasteiger partial charge in [0, 0.05) is 26.2 Å². The molecule has 1 aromatic carbocycles. The Morgan fingerprint density at radius 3 is 2.31 bits per heavy atom. The molecule has 0 radical (unpaired) electrons. The average molecular weight is 215 g/mol. The lowest BCUT2D eigenvalue weighted by molar-refractivity contribution is 0.133. The summed E-state index contributed by atoms with van der Waals surface area (Å²) in [6, 6.07) is 12.4. The molecule has 1 heterocycles. The molecule has 16 heavy (non-hydrogen) atoms. The third-order valence-electron chi connectivity index (χ3n) is 3.14. The minimum absolute atomic E-state index is 0.0881. The fourth-order valence-corrected chi connectivity index (χ4v) is 2.08. The van der Waals surface area contributed by atoms with Crippen LogP contribution in [0.5, 0.6) is 0 Å². The highest BCUT2D eigenvalue weighted by molar-refractivity contribution is 5.24. The number of rotatable bonds is 2. The molecule has 84 valence electrons. The maximum atomic E-state index is 9.29. The highest BCUT2D eigenvalue weighted by atomic mass is 15.3. The van der Waals surface area contributed by atoms with E-state index in [0.717, 1.165) is 31.7 Å². The molecule has 1 atom stereocenters. The van der Waals surface area contributed by atoms with Crippen LogP contribution in [-0.4, -0.2) is 43.0 Å². The van der Waals surface area contributed by atoms with Crippen molar-refractivity contribution < 1.29 is 0 Å². The van der Waals surface area contributed by atoms with Gasteiger partial charge in [0.15, 0.2) is 0 Å². The monoisotopic (exact) mass is 215 g/mol. The summed E-state index contributed by atoms with van der Waals surface area (Å²) in [6.07, 6.45) is 0. The zero-order valence-electron chi connectivity index (χ0n) is 9.63. The van der Waals surface area contributed by atoms with E-state index in [2.05, 4.69) is 22.9 Å². The first-order valence-corrected chi connectivity index (χ1v) is 5.68. The van der Waals surface area contributed by atoms with Gasteiger partial charge in [-0.25, -0.2) is 0 Å². The van der Waals surface area contributed by atoms with Crippen molar-refractivity contribution in [3.63, 3.8) is 0 Å². The molecule has 0 aliphatic carbocycles. The molecule has 3 heteroatoms. The minimum atomic E-state index is -0.0881. The van der Waals surface area contributed by atoms with Crippen LogP contribution in [0.25, 0.3) is 0 Å². The zero-order chi connectivity index (χ0) is 11.4. The Balaban J connectivity index is 2.09. The zero-order valence-corrected chi connectivity index (χ0v) is 9.63. The quantitative estimate of drug-likeness (QED) is 0.749. The van der Waals surface area contributed by atoms with Gasteiger partial charge in [-0.3, -0.25) is 4.90 Å². The van der Waals surface area contributed by atoms with Crippen LogP contribution in [0.3, 0.4) is 0 Å². The van der Waals surface area contributed by atoms with Crippen LogP contribution >= 0.6 is 0 Å². The Morgan fingerprint density at radius 1 is 1.12 bits per heavy atom. The Bertz CT molecular complexity index is 361. The lowest BCUT2D eigenvalue weighted by atomic mass is 10.1. The van der Waals surface area contributed by atoms with Crippen LogP contribution in [0.4, 0.5) is 0 Å². The number of piperazine rings is 1. The van der Waals surface area contributed by atoms with E-state index in [1.54, 1.807) is 0 Å². The van der Waals surface area contributed by atoms with Crippen molar-refractivity contribution in [1.82, 2.24) is 9.80 Å². The molecule has 1 fully saturated rings. The van der Waals surface area contributed by atoms with Crippen LogP contribution in [0.2, 0.25) is 0 Å². The fourth-order valence-electron chi connectivity index (χ4n) is 2.08. The topological polar surface area (TPSA) is 30.3 Å². The molecule has 0 saturated carbocycles. The van der Waals surface area contributed by atoms with Crippen molar-refractivity contribution in [3.8, 4) is 6.07 Å². The van der Waals surface area contributed by atoms with Crippen molar-refractivity contribution in [2.75, 3.05) is 33.2 Å². The number of hydrogen-bond acceptors (Lipinski definition) is 3. The lowest BCUT2D eigenvalue weighted by Gasteiger charge is -2.35. The Hall–Kier alpha value is -1.37. The average Bonchev–Trinajstić information content (AvgIpc) is 2.34. The molecule has 0 aromatic heterocycles. The third kappa shape index (κ3) is 2.41. The largest absolute Gasteiger partial charge is 0.304 e. The summed E-state index contributed by atoms with van der Waals surface area (Å²) in [7, 11) is 2.13. The van der Waals surface area contributed by atoms with Crippen molar-refractivity contribution in [2.24, 2.45) is 0 Å². The fraction of sp³-hybridized carbons (Fsp3) is 0.462. The molecule has 2 rings (SSSR count). The maximum Gasteiger partial charge on any atom is 0.123 e. The molecule has 1 aromatic rings. The van der Waals surface area contributed by atoms with E-state index in [1.165, 1.54) is 0 Å². The Morgan fingerprint density at radius 2 is 1.75 bits per heavy atom. The third-order valence-corrected chi connectivity index (χ3v) is 3.14. The van der Waals surface area contributed by atoms with E-state index in [0.29, 0.717) is 0 Å². The molecule has 0 N–H and O–H groups in total. The second-order valence-corrected chi connectivity index (χ2v) is 4.28. The predicted molar refractivity (Wildman–Crippen MR) is 63.9 cm³/mol. The van der Waals surface area contributed by atoms with Crippen molar-refractivity contribution in [2.45, 2.75) is 6.04 Å². The van der Waals surface area contributed by atoms with Crippen LogP contribution < -0.4 is 0 Å². The summed E-state index contributed by atoms with van der Waals surface area (Å²) in [5, 5.41) is 9.29. The van der Waals surface area contributed by atoms with Crippen LogP contribution in [0.1, 0.15) is 11.6 Å². The Labute approximate surface area is 96.9 Å². The number of nitriles is 1. The number of likely N-dealkylation sites (N-methyl/N-ethyl adjacent to an activating group) is 1. The van der Waals surface area contributed by atoms with E-state index in [4.69, 9.17) is 0 Å². The van der Waals surface area contributed by atoms with Gasteiger partial charge in [0.2, 0.25) is 0 Å². The molecule has 3 nitrogen and oxygen atoms in total. The van der Waals surface area contributed by atoms with Crippen LogP contribution in [-0.2, 0) is 0 Å². The summed E-state index contributed by atoms with van der Waals surface area (Å²) in [5.74, 6) is 0. The summed E-state index contributed by atoms with van der Waals surface area (Å²) in [6.45, 7) is 4.04. The lowest BCUT2D eigenvalue weighted by Crippen LogP contribution is -2.45. The van der Waals surface area contributed by atoms with E-state index in [9.17, 15) is 5.26 Å². The molecule has 1 aliphatic rings. The first-order valence-electron chi connectivity index (χ1n) is 5.68. The molecule has 0 unspecified atom stereocenters. The second kappa shape index (κ2) is 5.11. The molecular weight excluding hydrogens is 198 g/mol. The van der Waals surface area contributed by atoms with E-state index in [1.807, 2.05) is 30.3 Å². The predicted octanol–water partition coefficient (Wildman–Crippen LogP) is 1.50. The van der Waals surface area contributed by atoms with Gasteiger partial charge in [-0.05, 0) is 12.6 Å². The van der Waals surface area contributed by atoms with Gasteiger partial charge < -0.3 is 4.90 Å². The summed E-state index contributed by atoms with van der Waals surface area (Å²) in [4.78, 5) is 4.56. The standard InChI is InChI=1S/C13H17N3/c1-15-7-9-16(10-8-15)13(11-14)12-5-3-2-4-6-12/h2-6,13H,7-10H2,1H3/t13-/m1/s1. The van der Waals surface area contributed by atoms with E-state index >= 15 is 0 Å². The number of benzene rings is 1. The van der Waals surface area contributed by atoms with Gasteiger partial charge in [-0.2, -0.15) is 5.26 Å². The van der Waals surface area contributed by atoms with Gasteiger partial charge in [-0.1, -0.05) is 30.3 Å². The summed E-state index contributed by atoms with van der Waals surface area (Å²) < 4.78 is 0. The van der Waals surface area contributed by atoms with Gasteiger partial charge >= 0.3 is 0 Å². The summed E-state index contributed by atoms with van der Waals surface area (Å²) in [5.41, 5.74) is 1.11. The molecule has 1 saturated heterocycles. The number of nitrogens with zero attached hydrogens (tertiary/aromatic N) is 3. The minimum Gasteiger partial charge on any atom is -0.304 e. The number of hydrogen-bond donors (Lipinski definition) is 0. The molecule has 0 bridgehead atoms. The van der Waals surface area contributed by atoms with E-state index in [-0.39, 0.29) is 6.04 Å². The highest BCUT2D eigenvalue weighted by Gasteiger charge is 2.23. The highest BCUT2D eigenvalue weighted by Crippen LogP contribution is 2.20. The van der Waals surface area contributed by atoms with Crippen LogP contribution in [0.15, 0.2) is 30.3 Å². The van der Waals surface area contributed by atoms with E-state index < -0.39 is 0 Å². The van der Waals surface area contributed by atoms with Crippen LogP contribution in [0, 0.1) is 11.3 Å². The Kier molecular flexibility index (Phi) is 3.55. The SMILES string of the molecule is CN1CCN([C@H](C#N)c2ccccc2)CC1. The molecular formula is C13H17N3. The van der Waals surface area contributed by atoms with Gasteiger partial charge in [0.1, 0.15) is 6.04 Å². The second-order valence-electron chi connectivity index (χ2n) is 4.28. The first-order chi connectivity index (χ1) is 7.81. The van der Waals surface area contributed by atoms with Crippen molar-refractivity contribution in [1.29, 1.82) is 5.26 Å². The maximum absolute atomic E-state index is 9.29. The van der Waals surface area contributed by atoms with Gasteiger partial charge in [0.05, 0.1) is 6.07 Å². The summed E-state index contributed by atoms with van der Waals surface area (Å²) >= 11 is 0. The first kappa shape index (κ1) is 11.1. The van der Waals surface area contributed by atoms with Crippen molar-refractivity contribution in [3.05, 3.63) is 35.9 Å². The van der Waals surface area contributed by atoms with Gasteiger partial charge in [-0.15, -0.1) is 0 Å².